The van der Waals surface area contributed by atoms with Crippen LogP contribution in [0.3, 0.4) is 0 Å². The Bertz CT molecular complexity index is 563. The number of hydrogen-bond donors (Lipinski definition) is 3. The maximum Gasteiger partial charge on any atom is 0.251 e. The van der Waals surface area contributed by atoms with Gasteiger partial charge in [-0.1, -0.05) is 29.8 Å². The van der Waals surface area contributed by atoms with Crippen molar-refractivity contribution >= 4 is 35.8 Å². The monoisotopic (exact) mass is 428 g/mol. The van der Waals surface area contributed by atoms with E-state index in [9.17, 15) is 4.79 Å². The molecule has 0 heterocycles. The van der Waals surface area contributed by atoms with Crippen LogP contribution in [-0.4, -0.2) is 38.0 Å². The van der Waals surface area contributed by atoms with E-state index >= 15 is 0 Å². The smallest absolute Gasteiger partial charge is 0.251 e. The van der Waals surface area contributed by atoms with E-state index < -0.39 is 0 Å². The first-order valence-corrected chi connectivity index (χ1v) is 7.66. The number of aryl methyl sites for hydroxylation is 1. The number of guanidine groups is 1. The molecule has 6 heteroatoms. The lowest BCUT2D eigenvalue weighted by molar-refractivity contribution is 0.0954. The molecule has 23 heavy (non-hydrogen) atoms. The Morgan fingerprint density at radius 3 is 2.57 bits per heavy atom. The van der Waals surface area contributed by atoms with Gasteiger partial charge in [0.1, 0.15) is 0 Å². The maximum absolute atomic E-state index is 12.0. The summed E-state index contributed by atoms with van der Waals surface area (Å²) < 4.78 is 0. The summed E-state index contributed by atoms with van der Waals surface area (Å²) in [6, 6.07) is 8.00. The van der Waals surface area contributed by atoms with Crippen molar-refractivity contribution in [2.24, 2.45) is 4.99 Å². The van der Waals surface area contributed by atoms with Gasteiger partial charge < -0.3 is 16.0 Å². The Labute approximate surface area is 155 Å². The second-order valence-electron chi connectivity index (χ2n) is 5.41. The number of rotatable bonds is 5. The van der Waals surface area contributed by atoms with Gasteiger partial charge in [0.15, 0.2) is 5.96 Å². The van der Waals surface area contributed by atoms with Crippen molar-refractivity contribution in [3.63, 3.8) is 0 Å². The summed E-state index contributed by atoms with van der Waals surface area (Å²) in [6.07, 6.45) is 6.41. The van der Waals surface area contributed by atoms with E-state index in [0.717, 1.165) is 24.4 Å². The molecule has 0 bridgehead atoms. The zero-order valence-corrected chi connectivity index (χ0v) is 16.0. The molecule has 0 radical (unpaired) electrons. The summed E-state index contributed by atoms with van der Waals surface area (Å²) in [5.74, 6) is 0.729. The lowest BCUT2D eigenvalue weighted by Crippen LogP contribution is -2.45. The molecule has 5 nitrogen and oxygen atoms in total. The normalized spacial score (nSPS) is 14.3. The lowest BCUT2D eigenvalue weighted by atomic mass is 10.1. The number of halogens is 1. The quantitative estimate of drug-likeness (QED) is 0.222. The van der Waals surface area contributed by atoms with Crippen LogP contribution in [0.5, 0.6) is 0 Å². The highest BCUT2D eigenvalue weighted by Gasteiger charge is 2.11. The van der Waals surface area contributed by atoms with Gasteiger partial charge in [-0.15, -0.1) is 24.0 Å². The minimum Gasteiger partial charge on any atom is -0.355 e. The highest BCUT2D eigenvalue weighted by atomic mass is 127. The number of benzene rings is 1. The molecule has 1 aromatic rings. The molecule has 126 valence electrons. The molecule has 3 N–H and O–H groups in total. The summed E-state index contributed by atoms with van der Waals surface area (Å²) in [6.45, 7) is 3.17. The zero-order valence-electron chi connectivity index (χ0n) is 13.6. The Balaban J connectivity index is 0.00000264. The van der Waals surface area contributed by atoms with Crippen LogP contribution in [0.4, 0.5) is 0 Å². The van der Waals surface area contributed by atoms with Crippen LogP contribution in [0.1, 0.15) is 28.8 Å². The van der Waals surface area contributed by atoms with Crippen LogP contribution < -0.4 is 16.0 Å². The van der Waals surface area contributed by atoms with Gasteiger partial charge in [0.05, 0.1) is 0 Å². The number of nitrogens with zero attached hydrogens (tertiary/aromatic N) is 1. The maximum atomic E-state index is 12.0. The first kappa shape index (κ1) is 19.5. The summed E-state index contributed by atoms with van der Waals surface area (Å²) in [5, 5.41) is 9.47. The van der Waals surface area contributed by atoms with E-state index in [1.54, 1.807) is 7.05 Å². The van der Waals surface area contributed by atoms with Gasteiger partial charge in [-0.25, -0.2) is 0 Å². The predicted octanol–water partition coefficient (Wildman–Crippen LogP) is 2.23. The van der Waals surface area contributed by atoms with E-state index in [0.29, 0.717) is 24.7 Å². The number of aliphatic imine (C=N–C) groups is 1. The summed E-state index contributed by atoms with van der Waals surface area (Å²) in [7, 11) is 1.75. The summed E-state index contributed by atoms with van der Waals surface area (Å²) >= 11 is 0. The van der Waals surface area contributed by atoms with E-state index in [4.69, 9.17) is 0 Å². The first-order chi connectivity index (χ1) is 10.7. The molecule has 1 aromatic carbocycles. The highest BCUT2D eigenvalue weighted by Crippen LogP contribution is 2.08. The molecule has 1 amide bonds. The van der Waals surface area contributed by atoms with Crippen molar-refractivity contribution in [3.8, 4) is 0 Å². The Morgan fingerprint density at radius 1 is 1.22 bits per heavy atom. The van der Waals surface area contributed by atoms with Crippen LogP contribution in [-0.2, 0) is 0 Å². The minimum atomic E-state index is -0.0477. The Hall–Kier alpha value is -1.57. The number of carbonyl (C=O) groups is 1. The van der Waals surface area contributed by atoms with Crippen molar-refractivity contribution in [1.82, 2.24) is 16.0 Å². The first-order valence-electron chi connectivity index (χ1n) is 7.66. The van der Waals surface area contributed by atoms with Gasteiger partial charge in [0.25, 0.3) is 5.91 Å². The number of amides is 1. The van der Waals surface area contributed by atoms with E-state index in [-0.39, 0.29) is 29.9 Å². The van der Waals surface area contributed by atoms with Crippen LogP contribution in [0.15, 0.2) is 41.4 Å². The molecular formula is C17H25IN4O. The SMILES string of the molecule is CN=C(NCCNC(=O)c1cccc(C)c1)NC1CC=CC1.I. The third-order valence-electron chi connectivity index (χ3n) is 3.56. The van der Waals surface area contributed by atoms with Crippen molar-refractivity contribution < 1.29 is 4.79 Å². The van der Waals surface area contributed by atoms with E-state index in [1.165, 1.54) is 0 Å². The average Bonchev–Trinajstić information content (AvgIpc) is 3.03. The molecular weight excluding hydrogens is 403 g/mol. The molecule has 0 unspecified atom stereocenters. The van der Waals surface area contributed by atoms with Crippen LogP contribution in [0, 0.1) is 6.92 Å². The second-order valence-corrected chi connectivity index (χ2v) is 5.41. The van der Waals surface area contributed by atoms with E-state index in [2.05, 4.69) is 33.1 Å². The predicted molar refractivity (Wildman–Crippen MR) is 106 cm³/mol. The molecule has 1 aliphatic carbocycles. The minimum absolute atomic E-state index is 0. The fraction of sp³-hybridized carbons (Fsp3) is 0.412. The van der Waals surface area contributed by atoms with Crippen LogP contribution in [0.2, 0.25) is 0 Å². The van der Waals surface area contributed by atoms with Crippen molar-refractivity contribution in [2.75, 3.05) is 20.1 Å². The molecule has 0 spiro atoms. The van der Waals surface area contributed by atoms with Crippen LogP contribution >= 0.6 is 24.0 Å². The summed E-state index contributed by atoms with van der Waals surface area (Å²) in [5.41, 5.74) is 1.78. The third kappa shape index (κ3) is 6.60. The molecule has 1 aliphatic rings. The van der Waals surface area contributed by atoms with Crippen molar-refractivity contribution in [1.29, 1.82) is 0 Å². The number of nitrogens with one attached hydrogen (secondary N) is 3. The highest BCUT2D eigenvalue weighted by molar-refractivity contribution is 14.0. The van der Waals surface area contributed by atoms with Gasteiger partial charge in [-0.2, -0.15) is 0 Å². The Kier molecular flexibility index (Phi) is 8.68. The van der Waals surface area contributed by atoms with Gasteiger partial charge in [-0.3, -0.25) is 9.79 Å². The Morgan fingerprint density at radius 2 is 1.91 bits per heavy atom. The number of carbonyl (C=O) groups excluding carboxylic acids is 1. The third-order valence-corrected chi connectivity index (χ3v) is 3.56. The van der Waals surface area contributed by atoms with Crippen LogP contribution in [0.25, 0.3) is 0 Å². The molecule has 0 aliphatic heterocycles. The van der Waals surface area contributed by atoms with Gasteiger partial charge in [0, 0.05) is 31.7 Å². The standard InChI is InChI=1S/C17H24N4O.HI/c1-13-6-5-7-14(12-13)16(22)19-10-11-20-17(18-2)21-15-8-3-4-9-15;/h3-7,12,15H,8-11H2,1-2H3,(H,19,22)(H2,18,20,21);1H. The van der Waals surface area contributed by atoms with Crippen molar-refractivity contribution in [3.05, 3.63) is 47.5 Å². The molecule has 0 aromatic heterocycles. The fourth-order valence-corrected chi connectivity index (χ4v) is 2.37. The number of hydrogen-bond acceptors (Lipinski definition) is 2. The molecule has 2 rings (SSSR count). The van der Waals surface area contributed by atoms with Gasteiger partial charge in [-0.05, 0) is 31.9 Å². The largest absolute Gasteiger partial charge is 0.355 e. The average molecular weight is 428 g/mol. The molecule has 0 saturated carbocycles. The summed E-state index contributed by atoms with van der Waals surface area (Å²) in [4.78, 5) is 16.2. The fourth-order valence-electron chi connectivity index (χ4n) is 2.37. The van der Waals surface area contributed by atoms with Gasteiger partial charge in [0.2, 0.25) is 0 Å². The molecule has 0 fully saturated rings. The molecule has 0 saturated heterocycles. The van der Waals surface area contributed by atoms with Gasteiger partial charge >= 0.3 is 0 Å². The second kappa shape index (κ2) is 10.3. The van der Waals surface area contributed by atoms with Crippen molar-refractivity contribution in [2.45, 2.75) is 25.8 Å². The van der Waals surface area contributed by atoms with E-state index in [1.807, 2.05) is 31.2 Å². The lowest BCUT2D eigenvalue weighted by Gasteiger charge is -2.17. The molecule has 0 atom stereocenters. The zero-order chi connectivity index (χ0) is 15.8. The topological polar surface area (TPSA) is 65.5 Å².